The number of para-hydroxylation sites is 1. The van der Waals surface area contributed by atoms with Gasteiger partial charge in [0.2, 0.25) is 0 Å². The number of hydrogen-bond donors (Lipinski definition) is 0. The van der Waals surface area contributed by atoms with Gasteiger partial charge in [-0.2, -0.15) is 8.78 Å². The van der Waals surface area contributed by atoms with Gasteiger partial charge in [0, 0.05) is 6.42 Å². The van der Waals surface area contributed by atoms with E-state index in [1.165, 1.54) is 19.1 Å². The van der Waals surface area contributed by atoms with E-state index in [9.17, 15) is 8.78 Å². The Morgan fingerprint density at radius 2 is 1.83 bits per heavy atom. The molecule has 0 fully saturated rings. The average molecular weight is 172 g/mol. The predicted molar refractivity (Wildman–Crippen MR) is 42.3 cm³/mol. The van der Waals surface area contributed by atoms with Gasteiger partial charge in [-0.15, -0.1) is 0 Å². The summed E-state index contributed by atoms with van der Waals surface area (Å²) in [5, 5.41) is 0. The van der Waals surface area contributed by atoms with Gasteiger partial charge >= 0.3 is 6.11 Å². The van der Waals surface area contributed by atoms with Crippen LogP contribution in [0.3, 0.4) is 0 Å². The van der Waals surface area contributed by atoms with Crippen LogP contribution < -0.4 is 4.74 Å². The minimum atomic E-state index is -3.05. The van der Waals surface area contributed by atoms with Crippen LogP contribution in [0, 0.1) is 0 Å². The summed E-state index contributed by atoms with van der Waals surface area (Å²) in [6.45, 7) is 1.38. The lowest BCUT2D eigenvalue weighted by Gasteiger charge is -2.15. The van der Waals surface area contributed by atoms with E-state index in [1.54, 1.807) is 18.2 Å². The summed E-state index contributed by atoms with van der Waals surface area (Å²) >= 11 is 0. The van der Waals surface area contributed by atoms with Crippen molar-refractivity contribution in [2.75, 3.05) is 0 Å². The fraction of sp³-hybridized carbons (Fsp3) is 0.333. The van der Waals surface area contributed by atoms with Crippen molar-refractivity contribution in [2.24, 2.45) is 0 Å². The molecule has 12 heavy (non-hydrogen) atoms. The Labute approximate surface area is 70.0 Å². The third kappa shape index (κ3) is 2.49. The summed E-state index contributed by atoms with van der Waals surface area (Å²) in [4.78, 5) is 0. The van der Waals surface area contributed by atoms with Gasteiger partial charge in [0.1, 0.15) is 5.75 Å². The molecule has 0 bridgehead atoms. The highest BCUT2D eigenvalue weighted by Crippen LogP contribution is 2.23. The fourth-order valence-electron chi connectivity index (χ4n) is 0.733. The summed E-state index contributed by atoms with van der Waals surface area (Å²) in [5.41, 5.74) is 0. The molecule has 0 aliphatic carbocycles. The number of halogens is 2. The molecule has 0 unspecified atom stereocenters. The van der Waals surface area contributed by atoms with Crippen molar-refractivity contribution in [1.82, 2.24) is 0 Å². The molecule has 0 saturated heterocycles. The van der Waals surface area contributed by atoms with E-state index in [2.05, 4.69) is 4.74 Å². The van der Waals surface area contributed by atoms with Gasteiger partial charge in [-0.3, -0.25) is 0 Å². The molecule has 1 aromatic rings. The second-order valence-electron chi connectivity index (χ2n) is 2.41. The second kappa shape index (κ2) is 3.52. The Balaban J connectivity index is 2.64. The summed E-state index contributed by atoms with van der Waals surface area (Å²) in [6, 6.07) is 8.06. The normalized spacial score (nSPS) is 11.2. The third-order valence-electron chi connectivity index (χ3n) is 1.42. The molecule has 0 amide bonds. The van der Waals surface area contributed by atoms with Gasteiger partial charge in [0.25, 0.3) is 0 Å². The van der Waals surface area contributed by atoms with Crippen molar-refractivity contribution < 1.29 is 13.5 Å². The molecular weight excluding hydrogens is 162 g/mol. The zero-order valence-electron chi connectivity index (χ0n) is 6.76. The third-order valence-corrected chi connectivity index (χ3v) is 1.42. The van der Waals surface area contributed by atoms with Crippen molar-refractivity contribution in [3.8, 4) is 5.75 Å². The number of benzene rings is 1. The SMILES string of the molecule is CCC(F)(F)Oc1ccccc1. The lowest BCUT2D eigenvalue weighted by Crippen LogP contribution is -2.22. The quantitative estimate of drug-likeness (QED) is 0.680. The molecule has 0 radical (unpaired) electrons. The van der Waals surface area contributed by atoms with Crippen LogP contribution in [0.1, 0.15) is 13.3 Å². The van der Waals surface area contributed by atoms with Gasteiger partial charge in [0.05, 0.1) is 0 Å². The van der Waals surface area contributed by atoms with Crippen LogP contribution in [0.4, 0.5) is 8.78 Å². The van der Waals surface area contributed by atoms with E-state index in [0.717, 1.165) is 0 Å². The van der Waals surface area contributed by atoms with Crippen molar-refractivity contribution in [3.05, 3.63) is 30.3 Å². The van der Waals surface area contributed by atoms with E-state index >= 15 is 0 Å². The monoisotopic (exact) mass is 172 g/mol. The molecule has 0 aliphatic heterocycles. The van der Waals surface area contributed by atoms with Crippen LogP contribution >= 0.6 is 0 Å². The summed E-state index contributed by atoms with van der Waals surface area (Å²) in [7, 11) is 0. The molecule has 0 saturated carbocycles. The summed E-state index contributed by atoms with van der Waals surface area (Å²) in [6.07, 6.45) is -3.37. The maximum absolute atomic E-state index is 12.6. The van der Waals surface area contributed by atoms with Crippen LogP contribution in [0.25, 0.3) is 0 Å². The molecule has 0 aliphatic rings. The van der Waals surface area contributed by atoms with Gasteiger partial charge in [-0.1, -0.05) is 25.1 Å². The number of rotatable bonds is 3. The van der Waals surface area contributed by atoms with Crippen LogP contribution in [0.15, 0.2) is 30.3 Å². The first-order valence-corrected chi connectivity index (χ1v) is 3.76. The van der Waals surface area contributed by atoms with Crippen LogP contribution in [0.2, 0.25) is 0 Å². The highest BCUT2D eigenvalue weighted by molar-refractivity contribution is 5.21. The first kappa shape index (κ1) is 8.97. The zero-order chi connectivity index (χ0) is 9.03. The Bertz CT molecular complexity index is 234. The number of ether oxygens (including phenoxy) is 1. The van der Waals surface area contributed by atoms with Crippen LogP contribution in [-0.4, -0.2) is 6.11 Å². The number of alkyl halides is 2. The molecule has 66 valence electrons. The Kier molecular flexibility index (Phi) is 2.63. The van der Waals surface area contributed by atoms with Crippen molar-refractivity contribution in [1.29, 1.82) is 0 Å². The van der Waals surface area contributed by atoms with E-state index < -0.39 is 6.11 Å². The van der Waals surface area contributed by atoms with Crippen LogP contribution in [-0.2, 0) is 0 Å². The Hall–Kier alpha value is -1.12. The highest BCUT2D eigenvalue weighted by Gasteiger charge is 2.28. The largest absolute Gasteiger partial charge is 0.433 e. The maximum Gasteiger partial charge on any atom is 0.397 e. The van der Waals surface area contributed by atoms with E-state index in [1.807, 2.05) is 0 Å². The van der Waals surface area contributed by atoms with Crippen molar-refractivity contribution in [2.45, 2.75) is 19.5 Å². The van der Waals surface area contributed by atoms with Gasteiger partial charge in [-0.25, -0.2) is 0 Å². The van der Waals surface area contributed by atoms with E-state index in [4.69, 9.17) is 0 Å². The average Bonchev–Trinajstić information content (AvgIpc) is 2.06. The molecule has 0 spiro atoms. The Morgan fingerprint density at radius 1 is 1.25 bits per heavy atom. The van der Waals surface area contributed by atoms with Gasteiger partial charge in [-0.05, 0) is 12.1 Å². The lowest BCUT2D eigenvalue weighted by molar-refractivity contribution is -0.177. The minimum Gasteiger partial charge on any atom is -0.433 e. The maximum atomic E-state index is 12.6. The van der Waals surface area contributed by atoms with Crippen LogP contribution in [0.5, 0.6) is 5.75 Å². The van der Waals surface area contributed by atoms with E-state index in [0.29, 0.717) is 0 Å². The van der Waals surface area contributed by atoms with Crippen molar-refractivity contribution in [3.63, 3.8) is 0 Å². The first-order chi connectivity index (χ1) is 5.64. The zero-order valence-corrected chi connectivity index (χ0v) is 6.76. The highest BCUT2D eigenvalue weighted by atomic mass is 19.3. The topological polar surface area (TPSA) is 9.23 Å². The molecule has 0 N–H and O–H groups in total. The van der Waals surface area contributed by atoms with Crippen molar-refractivity contribution >= 4 is 0 Å². The predicted octanol–water partition coefficient (Wildman–Crippen LogP) is 3.07. The smallest absolute Gasteiger partial charge is 0.397 e. The molecular formula is C9H10F2O. The molecule has 1 aromatic carbocycles. The van der Waals surface area contributed by atoms with Gasteiger partial charge < -0.3 is 4.74 Å². The fourth-order valence-corrected chi connectivity index (χ4v) is 0.733. The molecule has 0 aromatic heterocycles. The molecule has 1 rings (SSSR count). The van der Waals surface area contributed by atoms with Gasteiger partial charge in [0.15, 0.2) is 0 Å². The molecule has 1 nitrogen and oxygen atoms in total. The standard InChI is InChI=1S/C9H10F2O/c1-2-9(10,11)12-8-6-4-3-5-7-8/h3-7H,2H2,1H3. The molecule has 3 heteroatoms. The lowest BCUT2D eigenvalue weighted by atomic mass is 10.3. The van der Waals surface area contributed by atoms with E-state index in [-0.39, 0.29) is 12.2 Å². The Morgan fingerprint density at radius 3 is 2.33 bits per heavy atom. The molecule has 0 heterocycles. The second-order valence-corrected chi connectivity index (χ2v) is 2.41. The number of hydrogen-bond acceptors (Lipinski definition) is 1. The summed E-state index contributed by atoms with van der Waals surface area (Å²) < 4.78 is 29.7. The summed E-state index contributed by atoms with van der Waals surface area (Å²) in [5.74, 6) is 0.198. The minimum absolute atomic E-state index is 0.198. The first-order valence-electron chi connectivity index (χ1n) is 3.76. The molecule has 0 atom stereocenters.